The Morgan fingerprint density at radius 1 is 0.800 bits per heavy atom. The van der Waals surface area contributed by atoms with Gasteiger partial charge in [0.05, 0.1) is 0 Å². The minimum atomic E-state index is 0.269. The number of benzene rings is 2. The molecule has 2 aromatic carbocycles. The van der Waals surface area contributed by atoms with E-state index in [-0.39, 0.29) is 11.8 Å². The Kier molecular flexibility index (Phi) is 7.09. The van der Waals surface area contributed by atoms with Crippen LogP contribution in [0.1, 0.15) is 49.7 Å². The molecule has 0 spiro atoms. The molecule has 3 rings (SSSR count). The SMILES string of the molecule is CC(C=C1C=CCC(=CC(C)c2ccc(OC#N)cc2)C1)c1ccc(OC#N)cc1. The zero-order valence-corrected chi connectivity index (χ0v) is 17.2. The molecule has 0 fully saturated rings. The van der Waals surface area contributed by atoms with Crippen molar-refractivity contribution >= 4 is 0 Å². The van der Waals surface area contributed by atoms with Crippen molar-refractivity contribution in [3.05, 3.63) is 95.1 Å². The van der Waals surface area contributed by atoms with Gasteiger partial charge in [-0.1, -0.05) is 68.0 Å². The van der Waals surface area contributed by atoms with Crippen molar-refractivity contribution < 1.29 is 9.47 Å². The van der Waals surface area contributed by atoms with Gasteiger partial charge < -0.3 is 9.47 Å². The highest BCUT2D eigenvalue weighted by Gasteiger charge is 2.11. The second-order valence-corrected chi connectivity index (χ2v) is 7.45. The molecule has 0 saturated carbocycles. The van der Waals surface area contributed by atoms with Gasteiger partial charge in [-0.2, -0.15) is 0 Å². The van der Waals surface area contributed by atoms with Crippen LogP contribution in [0, 0.1) is 23.0 Å². The number of hydrogen-bond acceptors (Lipinski definition) is 4. The van der Waals surface area contributed by atoms with Crippen LogP contribution in [0.4, 0.5) is 0 Å². The van der Waals surface area contributed by atoms with Crippen LogP contribution in [0.3, 0.4) is 0 Å². The smallest absolute Gasteiger partial charge is 0.292 e. The molecule has 0 saturated heterocycles. The summed E-state index contributed by atoms with van der Waals surface area (Å²) < 4.78 is 9.70. The lowest BCUT2D eigenvalue weighted by atomic mass is 9.88. The number of allylic oxidation sites excluding steroid dienone is 6. The fourth-order valence-electron chi connectivity index (χ4n) is 3.65. The normalized spacial score (nSPS) is 17.7. The van der Waals surface area contributed by atoms with E-state index in [0.29, 0.717) is 11.5 Å². The minimum Gasteiger partial charge on any atom is -0.388 e. The highest BCUT2D eigenvalue weighted by molar-refractivity contribution is 5.39. The van der Waals surface area contributed by atoms with E-state index in [9.17, 15) is 0 Å². The van der Waals surface area contributed by atoms with Crippen LogP contribution in [0.15, 0.2) is 84.0 Å². The second kappa shape index (κ2) is 10.1. The predicted octanol–water partition coefficient (Wildman–Crippen LogP) is 6.52. The Bertz CT molecular complexity index is 1030. The van der Waals surface area contributed by atoms with E-state index < -0.39 is 0 Å². The Balaban J connectivity index is 1.67. The molecule has 2 aromatic rings. The molecule has 2 atom stereocenters. The van der Waals surface area contributed by atoms with E-state index in [1.54, 1.807) is 12.5 Å². The van der Waals surface area contributed by atoms with Crippen LogP contribution in [0.2, 0.25) is 0 Å². The number of nitriles is 2. The van der Waals surface area contributed by atoms with Crippen molar-refractivity contribution in [3.8, 4) is 24.0 Å². The summed E-state index contributed by atoms with van der Waals surface area (Å²) in [5, 5.41) is 17.2. The molecule has 1 aliphatic carbocycles. The van der Waals surface area contributed by atoms with Crippen molar-refractivity contribution in [2.75, 3.05) is 0 Å². The van der Waals surface area contributed by atoms with Gasteiger partial charge in [-0.3, -0.25) is 0 Å². The molecule has 1 aliphatic rings. The topological polar surface area (TPSA) is 66.0 Å². The predicted molar refractivity (Wildman–Crippen MR) is 117 cm³/mol. The van der Waals surface area contributed by atoms with Crippen LogP contribution in [-0.4, -0.2) is 0 Å². The number of rotatable bonds is 6. The molecule has 0 N–H and O–H groups in total. The first kappa shape index (κ1) is 21.0. The highest BCUT2D eigenvalue weighted by Crippen LogP contribution is 2.30. The van der Waals surface area contributed by atoms with Gasteiger partial charge in [-0.15, -0.1) is 10.5 Å². The lowest BCUT2D eigenvalue weighted by Crippen LogP contribution is -1.98. The van der Waals surface area contributed by atoms with Crippen molar-refractivity contribution in [1.29, 1.82) is 10.5 Å². The summed E-state index contributed by atoms with van der Waals surface area (Å²) in [5.74, 6) is 1.68. The molecule has 150 valence electrons. The average Bonchev–Trinajstić information content (AvgIpc) is 2.75. The molecule has 4 heteroatoms. The molecular formula is C26H24N2O2. The van der Waals surface area contributed by atoms with E-state index in [1.807, 2.05) is 48.5 Å². The van der Waals surface area contributed by atoms with Crippen molar-refractivity contribution in [3.63, 3.8) is 0 Å². The van der Waals surface area contributed by atoms with Crippen LogP contribution < -0.4 is 9.47 Å². The highest BCUT2D eigenvalue weighted by atomic mass is 16.5. The molecule has 0 bridgehead atoms. The molecule has 0 radical (unpaired) electrons. The molecule has 0 heterocycles. The monoisotopic (exact) mass is 396 g/mol. The summed E-state index contributed by atoms with van der Waals surface area (Å²) in [6.07, 6.45) is 14.3. The molecule has 0 aromatic heterocycles. The maximum absolute atomic E-state index is 8.60. The zero-order chi connectivity index (χ0) is 21.3. The molecule has 30 heavy (non-hydrogen) atoms. The number of ether oxygens (including phenoxy) is 2. The van der Waals surface area contributed by atoms with E-state index in [1.165, 1.54) is 22.3 Å². The first-order valence-corrected chi connectivity index (χ1v) is 9.97. The lowest BCUT2D eigenvalue weighted by molar-refractivity contribution is 0.506. The van der Waals surface area contributed by atoms with Crippen LogP contribution in [0.5, 0.6) is 11.5 Å². The maximum atomic E-state index is 8.60. The summed E-state index contributed by atoms with van der Waals surface area (Å²) in [4.78, 5) is 0. The molecule has 4 nitrogen and oxygen atoms in total. The van der Waals surface area contributed by atoms with Gasteiger partial charge in [0.1, 0.15) is 11.5 Å². The van der Waals surface area contributed by atoms with E-state index in [0.717, 1.165) is 12.8 Å². The summed E-state index contributed by atoms with van der Waals surface area (Å²) in [5.41, 5.74) is 5.09. The summed E-state index contributed by atoms with van der Waals surface area (Å²) in [7, 11) is 0. The van der Waals surface area contributed by atoms with Gasteiger partial charge in [0.2, 0.25) is 0 Å². The fourth-order valence-corrected chi connectivity index (χ4v) is 3.65. The van der Waals surface area contributed by atoms with Gasteiger partial charge in [0, 0.05) is 0 Å². The van der Waals surface area contributed by atoms with Crippen molar-refractivity contribution in [1.82, 2.24) is 0 Å². The summed E-state index contributed by atoms with van der Waals surface area (Å²) >= 11 is 0. The summed E-state index contributed by atoms with van der Waals surface area (Å²) in [6.45, 7) is 4.36. The van der Waals surface area contributed by atoms with Gasteiger partial charge in [-0.25, -0.2) is 0 Å². The van der Waals surface area contributed by atoms with Gasteiger partial charge >= 0.3 is 0 Å². The lowest BCUT2D eigenvalue weighted by Gasteiger charge is -2.17. The van der Waals surface area contributed by atoms with Crippen molar-refractivity contribution in [2.45, 2.75) is 38.5 Å². The zero-order valence-electron chi connectivity index (χ0n) is 17.2. The van der Waals surface area contributed by atoms with E-state index in [2.05, 4.69) is 38.2 Å². The maximum Gasteiger partial charge on any atom is 0.292 e. The Hall–Kier alpha value is -3.76. The third kappa shape index (κ3) is 5.63. The molecular weight excluding hydrogens is 372 g/mol. The third-order valence-electron chi connectivity index (χ3n) is 5.23. The first-order valence-electron chi connectivity index (χ1n) is 9.97. The van der Waals surface area contributed by atoms with Crippen molar-refractivity contribution in [2.24, 2.45) is 0 Å². The third-order valence-corrected chi connectivity index (χ3v) is 5.23. The van der Waals surface area contributed by atoms with Gasteiger partial charge in [0.25, 0.3) is 12.5 Å². The Labute approximate surface area is 178 Å². The minimum absolute atomic E-state index is 0.269. The fraction of sp³-hybridized carbons (Fsp3) is 0.231. The van der Waals surface area contributed by atoms with Gasteiger partial charge in [-0.05, 0) is 65.6 Å². The second-order valence-electron chi connectivity index (χ2n) is 7.45. The van der Waals surface area contributed by atoms with E-state index >= 15 is 0 Å². The van der Waals surface area contributed by atoms with Crippen LogP contribution in [-0.2, 0) is 0 Å². The first-order chi connectivity index (χ1) is 14.6. The quantitative estimate of drug-likeness (QED) is 0.412. The average molecular weight is 396 g/mol. The molecule has 0 aliphatic heterocycles. The Morgan fingerprint density at radius 2 is 1.30 bits per heavy atom. The Morgan fingerprint density at radius 3 is 1.80 bits per heavy atom. The number of hydrogen-bond donors (Lipinski definition) is 0. The van der Waals surface area contributed by atoms with Crippen LogP contribution >= 0.6 is 0 Å². The molecule has 2 unspecified atom stereocenters. The van der Waals surface area contributed by atoms with Crippen LogP contribution in [0.25, 0.3) is 0 Å². The standard InChI is InChI=1S/C26H24N2O2/c1-19(23-6-10-25(11-7-23)29-17-27)14-21-4-3-5-22(16-21)15-20(2)24-8-12-26(13-9-24)30-18-28/h3-4,6-15,19-20H,5,16H2,1-2H3. The largest absolute Gasteiger partial charge is 0.388 e. The van der Waals surface area contributed by atoms with Gasteiger partial charge in [0.15, 0.2) is 0 Å². The molecule has 0 amide bonds. The van der Waals surface area contributed by atoms with E-state index in [4.69, 9.17) is 20.0 Å². The summed E-state index contributed by atoms with van der Waals surface area (Å²) in [6, 6.07) is 15.3. The number of nitrogens with zero attached hydrogens (tertiary/aromatic N) is 2.